The molecule has 0 fully saturated rings. The van der Waals surface area contributed by atoms with Crippen molar-refractivity contribution in [2.24, 2.45) is 0 Å². The van der Waals surface area contributed by atoms with Crippen LogP contribution in [-0.4, -0.2) is 0 Å². The first-order chi connectivity index (χ1) is 25.7. The van der Waals surface area contributed by atoms with Crippen LogP contribution in [0.1, 0.15) is 75.3 Å². The predicted molar refractivity (Wildman–Crippen MR) is 225 cm³/mol. The molecule has 260 valence electrons. The molecule has 2 aliphatic carbocycles. The molecule has 2 aliphatic rings. The quantitative estimate of drug-likeness (QED) is 0.165. The Bertz CT molecular complexity index is 2380. The van der Waals surface area contributed by atoms with Crippen molar-refractivity contribution < 1.29 is 0 Å². The van der Waals surface area contributed by atoms with E-state index in [4.69, 9.17) is 0 Å². The van der Waals surface area contributed by atoms with Crippen molar-refractivity contribution in [3.63, 3.8) is 0 Å². The molecule has 0 spiro atoms. The molecule has 0 heterocycles. The third kappa shape index (κ3) is 5.15. The first-order valence-electron chi connectivity index (χ1n) is 19.0. The second-order valence-corrected chi connectivity index (χ2v) is 16.0. The minimum Gasteiger partial charge on any atom is -0.310 e. The van der Waals surface area contributed by atoms with Crippen LogP contribution in [-0.2, 0) is 10.8 Å². The minimum absolute atomic E-state index is 0.203. The van der Waals surface area contributed by atoms with Gasteiger partial charge < -0.3 is 9.80 Å². The van der Waals surface area contributed by atoms with E-state index in [0.29, 0.717) is 5.92 Å². The topological polar surface area (TPSA) is 6.48 Å². The van der Waals surface area contributed by atoms with Gasteiger partial charge in [0.1, 0.15) is 0 Å². The molecular weight excluding hydrogens is 641 g/mol. The first kappa shape index (κ1) is 33.0. The van der Waals surface area contributed by atoms with Crippen LogP contribution in [0.2, 0.25) is 0 Å². The van der Waals surface area contributed by atoms with Crippen LogP contribution < -0.4 is 9.80 Å². The van der Waals surface area contributed by atoms with Gasteiger partial charge in [0, 0.05) is 45.0 Å². The lowest BCUT2D eigenvalue weighted by molar-refractivity contribution is 0.601. The van der Waals surface area contributed by atoms with Gasteiger partial charge in [0.2, 0.25) is 0 Å². The number of hydrogen-bond donors (Lipinski definition) is 0. The number of para-hydroxylation sites is 4. The summed E-state index contributed by atoms with van der Waals surface area (Å²) in [5.74, 6) is 0.349. The van der Waals surface area contributed by atoms with Gasteiger partial charge in [-0.25, -0.2) is 0 Å². The zero-order chi connectivity index (χ0) is 36.5. The zero-order valence-electron chi connectivity index (χ0n) is 31.6. The number of nitrogens with zero attached hydrogens (tertiary/aromatic N) is 2. The van der Waals surface area contributed by atoms with E-state index in [1.165, 1.54) is 61.4 Å². The first-order valence-corrected chi connectivity index (χ1v) is 19.0. The molecule has 0 amide bonds. The van der Waals surface area contributed by atoms with Crippen LogP contribution >= 0.6 is 0 Å². The maximum absolute atomic E-state index is 2.48. The zero-order valence-corrected chi connectivity index (χ0v) is 31.6. The summed E-state index contributed by atoms with van der Waals surface area (Å²) in [5, 5.41) is 0. The maximum Gasteiger partial charge on any atom is 0.0467 e. The predicted octanol–water partition coefficient (Wildman–Crippen LogP) is 14.4. The molecule has 0 unspecified atom stereocenters. The lowest BCUT2D eigenvalue weighted by atomic mass is 9.72. The van der Waals surface area contributed by atoms with E-state index in [2.05, 4.69) is 215 Å². The Balaban J connectivity index is 1.21. The van der Waals surface area contributed by atoms with Crippen molar-refractivity contribution in [1.29, 1.82) is 0 Å². The highest BCUT2D eigenvalue weighted by Crippen LogP contribution is 2.61. The molecule has 0 radical (unpaired) electrons. The van der Waals surface area contributed by atoms with Crippen molar-refractivity contribution in [3.05, 3.63) is 192 Å². The van der Waals surface area contributed by atoms with Crippen LogP contribution in [0.3, 0.4) is 0 Å². The van der Waals surface area contributed by atoms with Gasteiger partial charge in [-0.15, -0.1) is 0 Å². The molecule has 0 aromatic heterocycles. The van der Waals surface area contributed by atoms with E-state index >= 15 is 0 Å². The van der Waals surface area contributed by atoms with Crippen LogP contribution in [0.25, 0.3) is 22.3 Å². The monoisotopic (exact) mass is 686 g/mol. The Morgan fingerprint density at radius 1 is 0.377 bits per heavy atom. The second-order valence-electron chi connectivity index (χ2n) is 16.0. The molecule has 2 nitrogen and oxygen atoms in total. The van der Waals surface area contributed by atoms with Crippen LogP contribution in [0.4, 0.5) is 34.1 Å². The smallest absolute Gasteiger partial charge is 0.0467 e. The number of fused-ring (bicyclic) bond motifs is 7. The molecule has 7 aromatic carbocycles. The lowest BCUT2D eigenvalue weighted by Gasteiger charge is -2.32. The Hall–Kier alpha value is -5.86. The average Bonchev–Trinajstić information content (AvgIpc) is 3.55. The summed E-state index contributed by atoms with van der Waals surface area (Å²) in [6, 6.07) is 60.0. The Morgan fingerprint density at radius 3 is 1.26 bits per heavy atom. The highest BCUT2D eigenvalue weighted by molar-refractivity contribution is 5.95. The Morgan fingerprint density at radius 2 is 0.774 bits per heavy atom. The van der Waals surface area contributed by atoms with Gasteiger partial charge in [-0.1, -0.05) is 133 Å². The van der Waals surface area contributed by atoms with Crippen LogP contribution in [0.5, 0.6) is 0 Å². The van der Waals surface area contributed by atoms with E-state index in [9.17, 15) is 0 Å². The van der Waals surface area contributed by atoms with Gasteiger partial charge in [-0.3, -0.25) is 0 Å². The van der Waals surface area contributed by atoms with Crippen molar-refractivity contribution in [2.75, 3.05) is 9.80 Å². The summed E-state index contributed by atoms with van der Waals surface area (Å²) in [5.41, 5.74) is 19.2. The van der Waals surface area contributed by atoms with Gasteiger partial charge in [0.05, 0.1) is 0 Å². The van der Waals surface area contributed by atoms with Crippen molar-refractivity contribution >= 4 is 34.1 Å². The van der Waals surface area contributed by atoms with Crippen molar-refractivity contribution in [2.45, 2.75) is 58.3 Å². The summed E-state index contributed by atoms with van der Waals surface area (Å²) < 4.78 is 0. The standard InChI is InChI=1S/C51H46N2/c1-34(2)44-31-40(53(37-23-15-9-16-24-37)38-25-17-10-18-26-38)33-46-47(44)43-30-29-42-41-28-27-39(32-45(41)50(3,4)48(42)49(43)51(46,5)6)52(35-19-11-7-12-20-35)36-21-13-8-14-22-36/h7-34H,1-6H3. The van der Waals surface area contributed by atoms with Crippen LogP contribution in [0.15, 0.2) is 164 Å². The van der Waals surface area contributed by atoms with E-state index in [1.54, 1.807) is 0 Å². The highest BCUT2D eigenvalue weighted by atomic mass is 15.1. The molecule has 2 heteroatoms. The summed E-state index contributed by atoms with van der Waals surface area (Å²) in [4.78, 5) is 4.80. The minimum atomic E-state index is -0.211. The molecule has 9 rings (SSSR count). The third-order valence-electron chi connectivity index (χ3n) is 11.7. The van der Waals surface area contributed by atoms with Gasteiger partial charge in [0.15, 0.2) is 0 Å². The summed E-state index contributed by atoms with van der Waals surface area (Å²) in [7, 11) is 0. The summed E-state index contributed by atoms with van der Waals surface area (Å²) >= 11 is 0. The van der Waals surface area contributed by atoms with Gasteiger partial charge in [-0.05, 0) is 129 Å². The normalized spacial score (nSPS) is 14.3. The molecule has 0 saturated heterocycles. The van der Waals surface area contributed by atoms with Crippen LogP contribution in [0, 0.1) is 0 Å². The second kappa shape index (κ2) is 12.4. The molecule has 0 N–H and O–H groups in total. The Kier molecular flexibility index (Phi) is 7.71. The highest BCUT2D eigenvalue weighted by Gasteiger charge is 2.47. The van der Waals surface area contributed by atoms with Gasteiger partial charge in [0.25, 0.3) is 0 Å². The number of rotatable bonds is 7. The van der Waals surface area contributed by atoms with Gasteiger partial charge in [-0.2, -0.15) is 0 Å². The fourth-order valence-corrected chi connectivity index (χ4v) is 9.26. The molecule has 53 heavy (non-hydrogen) atoms. The molecular formula is C51H46N2. The van der Waals surface area contributed by atoms with E-state index in [-0.39, 0.29) is 10.8 Å². The molecule has 7 aromatic rings. The van der Waals surface area contributed by atoms with Gasteiger partial charge >= 0.3 is 0 Å². The van der Waals surface area contributed by atoms with E-state index < -0.39 is 0 Å². The third-order valence-corrected chi connectivity index (χ3v) is 11.7. The summed E-state index contributed by atoms with van der Waals surface area (Å²) in [6.45, 7) is 14.5. The fourth-order valence-electron chi connectivity index (χ4n) is 9.26. The van der Waals surface area contributed by atoms with E-state index in [0.717, 1.165) is 22.7 Å². The van der Waals surface area contributed by atoms with Crippen molar-refractivity contribution in [3.8, 4) is 22.3 Å². The summed E-state index contributed by atoms with van der Waals surface area (Å²) in [6.07, 6.45) is 0. The molecule has 0 atom stereocenters. The molecule has 0 aliphatic heterocycles. The van der Waals surface area contributed by atoms with E-state index in [1.807, 2.05) is 0 Å². The number of anilines is 6. The molecule has 0 bridgehead atoms. The average molecular weight is 687 g/mol. The largest absolute Gasteiger partial charge is 0.310 e. The van der Waals surface area contributed by atoms with Crippen molar-refractivity contribution in [1.82, 2.24) is 0 Å². The lowest BCUT2D eigenvalue weighted by Crippen LogP contribution is -2.24. The number of hydrogen-bond acceptors (Lipinski definition) is 2. The fraction of sp³-hybridized carbons (Fsp3) is 0.176. The number of benzene rings is 7. The SMILES string of the molecule is CC(C)c1cc(N(c2ccccc2)c2ccccc2)cc2c1-c1ccc3c(c1C2(C)C)C(C)(C)c1cc(N(c2ccccc2)c2ccccc2)ccc1-3. The molecule has 0 saturated carbocycles. The maximum atomic E-state index is 2.48. The Labute approximate surface area is 315 Å².